The van der Waals surface area contributed by atoms with Crippen molar-refractivity contribution in [2.75, 3.05) is 19.0 Å². The van der Waals surface area contributed by atoms with Crippen molar-refractivity contribution in [2.45, 2.75) is 9.79 Å². The van der Waals surface area contributed by atoms with E-state index in [9.17, 15) is 14.7 Å². The van der Waals surface area contributed by atoms with Gasteiger partial charge in [0.1, 0.15) is 5.56 Å². The predicted molar refractivity (Wildman–Crippen MR) is 111 cm³/mol. The Bertz CT molecular complexity index is 1010. The van der Waals surface area contributed by atoms with Crippen LogP contribution < -0.4 is 10.1 Å². The highest BCUT2D eigenvalue weighted by Crippen LogP contribution is 2.33. The molecule has 0 fully saturated rings. The summed E-state index contributed by atoms with van der Waals surface area (Å²) in [5.41, 5.74) is 0.545. The lowest BCUT2D eigenvalue weighted by Crippen LogP contribution is -2.21. The lowest BCUT2D eigenvalue weighted by atomic mass is 10.2. The molecule has 3 aromatic carbocycles. The number of methoxy groups -OCH3 is 1. The Balaban J connectivity index is 1.62. The molecule has 0 spiro atoms. The van der Waals surface area contributed by atoms with Crippen molar-refractivity contribution in [3.63, 3.8) is 0 Å². The fourth-order valence-electron chi connectivity index (χ4n) is 2.52. The molecular weight excluding hydrogens is 390 g/mol. The third-order valence-electron chi connectivity index (χ3n) is 3.91. The van der Waals surface area contributed by atoms with Gasteiger partial charge in [0, 0.05) is 9.79 Å². The van der Waals surface area contributed by atoms with E-state index in [-0.39, 0.29) is 17.1 Å². The number of hydrogen-bond donors (Lipinski definition) is 2. The maximum Gasteiger partial charge on any atom is 0.342 e. The van der Waals surface area contributed by atoms with Crippen molar-refractivity contribution in [2.24, 2.45) is 0 Å². The van der Waals surface area contributed by atoms with Gasteiger partial charge in [0.25, 0.3) is 5.91 Å². The lowest BCUT2D eigenvalue weighted by Gasteiger charge is -2.12. The predicted octanol–water partition coefficient (Wildman–Crippen LogP) is 4.35. The molecule has 0 unspecified atom stereocenters. The second kappa shape index (κ2) is 9.66. The molecule has 29 heavy (non-hydrogen) atoms. The van der Waals surface area contributed by atoms with Crippen LogP contribution in [0.15, 0.2) is 82.6 Å². The van der Waals surface area contributed by atoms with E-state index in [4.69, 9.17) is 9.47 Å². The number of carbonyl (C=O) groups is 2. The smallest absolute Gasteiger partial charge is 0.342 e. The van der Waals surface area contributed by atoms with Crippen LogP contribution in [-0.2, 0) is 9.53 Å². The third kappa shape index (κ3) is 5.30. The minimum Gasteiger partial charge on any atom is -0.504 e. The summed E-state index contributed by atoms with van der Waals surface area (Å²) < 4.78 is 9.99. The minimum absolute atomic E-state index is 0.0721. The molecule has 3 aromatic rings. The zero-order valence-corrected chi connectivity index (χ0v) is 16.4. The van der Waals surface area contributed by atoms with Crippen molar-refractivity contribution in [1.82, 2.24) is 0 Å². The number of anilines is 1. The zero-order chi connectivity index (χ0) is 20.6. The van der Waals surface area contributed by atoms with Crippen LogP contribution in [-0.4, -0.2) is 30.7 Å². The molecule has 148 valence electrons. The number of hydrogen-bond acceptors (Lipinski definition) is 6. The van der Waals surface area contributed by atoms with Gasteiger partial charge in [0.05, 0.1) is 12.8 Å². The van der Waals surface area contributed by atoms with E-state index in [1.54, 1.807) is 12.1 Å². The van der Waals surface area contributed by atoms with Gasteiger partial charge in [-0.1, -0.05) is 48.2 Å². The molecule has 0 saturated heterocycles. The number of amides is 1. The van der Waals surface area contributed by atoms with Crippen molar-refractivity contribution < 1.29 is 24.2 Å². The number of benzene rings is 3. The molecule has 3 rings (SSSR count). The summed E-state index contributed by atoms with van der Waals surface area (Å²) in [5, 5.41) is 12.8. The lowest BCUT2D eigenvalue weighted by molar-refractivity contribution is -0.119. The summed E-state index contributed by atoms with van der Waals surface area (Å²) in [6.07, 6.45) is 0. The second-order valence-corrected chi connectivity index (χ2v) is 7.01. The Morgan fingerprint density at radius 2 is 1.69 bits per heavy atom. The molecule has 0 bridgehead atoms. The third-order valence-corrected chi connectivity index (χ3v) is 4.99. The molecule has 7 heteroatoms. The molecule has 0 saturated carbocycles. The summed E-state index contributed by atoms with van der Waals surface area (Å²) in [5.74, 6) is -1.48. The Kier molecular flexibility index (Phi) is 6.76. The van der Waals surface area contributed by atoms with Crippen LogP contribution in [0.25, 0.3) is 0 Å². The maximum atomic E-state index is 12.3. The molecule has 0 aliphatic rings. The highest BCUT2D eigenvalue weighted by atomic mass is 32.2. The van der Waals surface area contributed by atoms with Crippen LogP contribution in [0.2, 0.25) is 0 Å². The number of rotatable bonds is 7. The van der Waals surface area contributed by atoms with Gasteiger partial charge in [-0.3, -0.25) is 4.79 Å². The van der Waals surface area contributed by atoms with Crippen LogP contribution in [0.4, 0.5) is 5.69 Å². The topological polar surface area (TPSA) is 84.9 Å². The van der Waals surface area contributed by atoms with Crippen molar-refractivity contribution in [3.8, 4) is 11.5 Å². The fourth-order valence-corrected chi connectivity index (χ4v) is 3.44. The highest BCUT2D eigenvalue weighted by Gasteiger charge is 2.17. The van der Waals surface area contributed by atoms with Crippen LogP contribution in [0.5, 0.6) is 11.5 Å². The number of ether oxygens (including phenoxy) is 2. The summed E-state index contributed by atoms with van der Waals surface area (Å²) in [6, 6.07) is 21.6. The minimum atomic E-state index is -0.816. The van der Waals surface area contributed by atoms with Gasteiger partial charge >= 0.3 is 5.97 Å². The molecule has 0 aliphatic heterocycles. The average Bonchev–Trinajstić information content (AvgIpc) is 2.74. The number of para-hydroxylation sites is 2. The van der Waals surface area contributed by atoms with Gasteiger partial charge in [-0.05, 0) is 36.4 Å². The van der Waals surface area contributed by atoms with E-state index in [0.717, 1.165) is 9.79 Å². The molecule has 6 nitrogen and oxygen atoms in total. The van der Waals surface area contributed by atoms with E-state index in [1.807, 2.05) is 48.5 Å². The van der Waals surface area contributed by atoms with Crippen molar-refractivity contribution in [3.05, 3.63) is 78.4 Å². The summed E-state index contributed by atoms with van der Waals surface area (Å²) >= 11 is 1.51. The first-order valence-corrected chi connectivity index (χ1v) is 9.55. The number of nitrogens with one attached hydrogen (secondary N) is 1. The van der Waals surface area contributed by atoms with E-state index < -0.39 is 18.5 Å². The fraction of sp³-hybridized carbons (Fsp3) is 0.0909. The number of carbonyl (C=O) groups excluding carboxylic acids is 2. The summed E-state index contributed by atoms with van der Waals surface area (Å²) in [4.78, 5) is 26.4. The molecule has 0 heterocycles. The van der Waals surface area contributed by atoms with Gasteiger partial charge in [-0.25, -0.2) is 4.79 Å². The number of aromatic hydroxyl groups is 1. The normalized spacial score (nSPS) is 10.2. The van der Waals surface area contributed by atoms with Crippen LogP contribution in [0.3, 0.4) is 0 Å². The van der Waals surface area contributed by atoms with Crippen LogP contribution >= 0.6 is 11.8 Å². The summed E-state index contributed by atoms with van der Waals surface area (Å²) in [7, 11) is 1.38. The quantitative estimate of drug-likeness (QED) is 0.565. The molecule has 0 aliphatic carbocycles. The Labute approximate surface area is 172 Å². The van der Waals surface area contributed by atoms with Crippen LogP contribution in [0, 0.1) is 0 Å². The van der Waals surface area contributed by atoms with Crippen LogP contribution in [0.1, 0.15) is 10.4 Å². The first-order chi connectivity index (χ1) is 14.1. The largest absolute Gasteiger partial charge is 0.504 e. The molecule has 0 radical (unpaired) electrons. The molecular formula is C22H19NO5S. The second-order valence-electron chi connectivity index (χ2n) is 5.89. The van der Waals surface area contributed by atoms with E-state index in [2.05, 4.69) is 5.32 Å². The average molecular weight is 409 g/mol. The van der Waals surface area contributed by atoms with Crippen molar-refractivity contribution >= 4 is 29.3 Å². The number of phenols is 1. The van der Waals surface area contributed by atoms with E-state index in [1.165, 1.54) is 31.0 Å². The Morgan fingerprint density at radius 1 is 0.966 bits per heavy atom. The number of esters is 1. The summed E-state index contributed by atoms with van der Waals surface area (Å²) in [6.45, 7) is -0.486. The first kappa shape index (κ1) is 20.3. The van der Waals surface area contributed by atoms with Gasteiger partial charge < -0.3 is 19.9 Å². The van der Waals surface area contributed by atoms with Crippen molar-refractivity contribution in [1.29, 1.82) is 0 Å². The SMILES string of the molecule is COc1cccc(C(=O)OCC(=O)Nc2ccccc2Sc2ccccc2)c1O. The van der Waals surface area contributed by atoms with E-state index in [0.29, 0.717) is 5.69 Å². The van der Waals surface area contributed by atoms with E-state index >= 15 is 0 Å². The monoisotopic (exact) mass is 409 g/mol. The number of phenolic OH excluding ortho intramolecular Hbond substituents is 1. The molecule has 0 atom stereocenters. The zero-order valence-electron chi connectivity index (χ0n) is 15.6. The van der Waals surface area contributed by atoms with Gasteiger partial charge in [0.2, 0.25) is 0 Å². The maximum absolute atomic E-state index is 12.3. The van der Waals surface area contributed by atoms with Gasteiger partial charge in [0.15, 0.2) is 18.1 Å². The molecule has 0 aromatic heterocycles. The molecule has 2 N–H and O–H groups in total. The Morgan fingerprint density at radius 3 is 2.45 bits per heavy atom. The standard InChI is InChI=1S/C22H19NO5S/c1-27-18-12-7-10-16(21(18)25)22(26)28-14-20(24)23-17-11-5-6-13-19(17)29-15-8-3-2-4-9-15/h2-13,25H,14H2,1H3,(H,23,24). The highest BCUT2D eigenvalue weighted by molar-refractivity contribution is 7.99. The van der Waals surface area contributed by atoms with Gasteiger partial charge in [-0.2, -0.15) is 0 Å². The Hall–Kier alpha value is -3.45. The first-order valence-electron chi connectivity index (χ1n) is 8.73. The molecule has 1 amide bonds. The van der Waals surface area contributed by atoms with Gasteiger partial charge in [-0.15, -0.1) is 0 Å².